The van der Waals surface area contributed by atoms with Gasteiger partial charge in [0.2, 0.25) is 0 Å². The Bertz CT molecular complexity index is 696. The summed E-state index contributed by atoms with van der Waals surface area (Å²) < 4.78 is 0.442. The second-order valence-corrected chi connectivity index (χ2v) is 5.26. The van der Waals surface area contributed by atoms with Crippen molar-refractivity contribution in [2.24, 2.45) is 4.99 Å². The second-order valence-electron chi connectivity index (χ2n) is 4.46. The van der Waals surface area contributed by atoms with E-state index >= 15 is 0 Å². The molecule has 4 nitrogen and oxygen atoms in total. The first-order chi connectivity index (χ1) is 9.49. The van der Waals surface area contributed by atoms with Gasteiger partial charge < -0.3 is 0 Å². The average molecular weight is 333 g/mol. The van der Waals surface area contributed by atoms with E-state index in [1.165, 1.54) is 11.6 Å². The lowest BCUT2D eigenvalue weighted by atomic mass is 10.1. The van der Waals surface area contributed by atoms with Crippen molar-refractivity contribution in [3.05, 3.63) is 67.7 Å². The van der Waals surface area contributed by atoms with Crippen LogP contribution in [0.1, 0.15) is 16.7 Å². The summed E-state index contributed by atoms with van der Waals surface area (Å²) in [5, 5.41) is 10.9. The molecule has 0 spiro atoms. The second kappa shape index (κ2) is 5.96. The molecule has 0 aliphatic heterocycles. The van der Waals surface area contributed by atoms with Crippen LogP contribution < -0.4 is 0 Å². The zero-order valence-corrected chi connectivity index (χ0v) is 12.7. The zero-order chi connectivity index (χ0) is 14.7. The van der Waals surface area contributed by atoms with Crippen LogP contribution >= 0.6 is 15.9 Å². The molecule has 0 amide bonds. The maximum absolute atomic E-state index is 10.9. The van der Waals surface area contributed by atoms with E-state index in [9.17, 15) is 10.1 Å². The van der Waals surface area contributed by atoms with Crippen LogP contribution in [-0.4, -0.2) is 11.1 Å². The first kappa shape index (κ1) is 14.4. The predicted octanol–water partition coefficient (Wildman–Crippen LogP) is 4.72. The summed E-state index contributed by atoms with van der Waals surface area (Å²) in [6, 6.07) is 10.8. The van der Waals surface area contributed by atoms with Crippen molar-refractivity contribution in [3.8, 4) is 0 Å². The third-order valence-electron chi connectivity index (χ3n) is 3.05. The summed E-state index contributed by atoms with van der Waals surface area (Å²) in [7, 11) is 0. The number of hydrogen-bond acceptors (Lipinski definition) is 3. The molecule has 0 bridgehead atoms. The number of aliphatic imine (C=N–C) groups is 1. The molecule has 0 unspecified atom stereocenters. The molecule has 0 saturated carbocycles. The molecule has 0 heterocycles. The fourth-order valence-electron chi connectivity index (χ4n) is 1.73. The zero-order valence-electron chi connectivity index (χ0n) is 11.1. The normalized spacial score (nSPS) is 10.9. The Morgan fingerprint density at radius 3 is 2.60 bits per heavy atom. The lowest BCUT2D eigenvalue weighted by Gasteiger charge is -2.02. The third kappa shape index (κ3) is 3.11. The van der Waals surface area contributed by atoms with Gasteiger partial charge in [0, 0.05) is 17.8 Å². The van der Waals surface area contributed by atoms with Crippen molar-refractivity contribution in [2.75, 3.05) is 0 Å². The van der Waals surface area contributed by atoms with E-state index in [-0.39, 0.29) is 5.69 Å². The van der Waals surface area contributed by atoms with Gasteiger partial charge in [0.15, 0.2) is 0 Å². The van der Waals surface area contributed by atoms with Gasteiger partial charge in [0.25, 0.3) is 5.69 Å². The van der Waals surface area contributed by atoms with Crippen LogP contribution in [-0.2, 0) is 0 Å². The highest BCUT2D eigenvalue weighted by Gasteiger charge is 2.13. The smallest absolute Gasteiger partial charge is 0.258 e. The fourth-order valence-corrected chi connectivity index (χ4v) is 2.24. The van der Waals surface area contributed by atoms with E-state index < -0.39 is 4.92 Å². The molecule has 2 rings (SSSR count). The molecule has 0 radical (unpaired) electrons. The maximum atomic E-state index is 10.9. The van der Waals surface area contributed by atoms with Gasteiger partial charge >= 0.3 is 0 Å². The van der Waals surface area contributed by atoms with Crippen LogP contribution in [0.2, 0.25) is 0 Å². The van der Waals surface area contributed by atoms with Crippen LogP contribution in [0.25, 0.3) is 0 Å². The van der Waals surface area contributed by atoms with Crippen molar-refractivity contribution in [1.29, 1.82) is 0 Å². The van der Waals surface area contributed by atoms with Gasteiger partial charge in [0.05, 0.1) is 10.6 Å². The molecule has 2 aromatic carbocycles. The van der Waals surface area contributed by atoms with Crippen molar-refractivity contribution in [2.45, 2.75) is 13.8 Å². The third-order valence-corrected chi connectivity index (χ3v) is 3.91. The quantitative estimate of drug-likeness (QED) is 0.463. The van der Waals surface area contributed by atoms with Crippen molar-refractivity contribution < 1.29 is 4.92 Å². The highest BCUT2D eigenvalue weighted by atomic mass is 79.9. The molecule has 0 N–H and O–H groups in total. The predicted molar refractivity (Wildman–Crippen MR) is 84.0 cm³/mol. The van der Waals surface area contributed by atoms with Crippen LogP contribution in [0.5, 0.6) is 0 Å². The Hall–Kier alpha value is -2.01. The molecule has 0 fully saturated rings. The molecule has 0 saturated heterocycles. The summed E-state index contributed by atoms with van der Waals surface area (Å²) >= 11 is 3.25. The van der Waals surface area contributed by atoms with Crippen molar-refractivity contribution in [3.63, 3.8) is 0 Å². The van der Waals surface area contributed by atoms with E-state index in [4.69, 9.17) is 0 Å². The number of benzene rings is 2. The van der Waals surface area contributed by atoms with E-state index in [1.807, 2.05) is 32.0 Å². The number of nitro groups is 1. The van der Waals surface area contributed by atoms with Gasteiger partial charge in [0.1, 0.15) is 4.47 Å². The number of hydrogen-bond donors (Lipinski definition) is 0. The largest absolute Gasteiger partial charge is 0.284 e. The summed E-state index contributed by atoms with van der Waals surface area (Å²) in [4.78, 5) is 14.8. The standard InChI is InChI=1S/C15H13BrN2O2/c1-10-6-7-13(8-11(10)2)17-9-12-4-3-5-14(15(12)16)18(19)20/h3-9H,1-2H3. The lowest BCUT2D eigenvalue weighted by molar-refractivity contribution is -0.385. The molecular formula is C15H13BrN2O2. The Balaban J connectivity index is 2.34. The van der Waals surface area contributed by atoms with Crippen LogP contribution in [0.15, 0.2) is 45.9 Å². The monoisotopic (exact) mass is 332 g/mol. The topological polar surface area (TPSA) is 55.5 Å². The molecule has 0 aromatic heterocycles. The number of nitrogens with zero attached hydrogens (tertiary/aromatic N) is 2. The minimum atomic E-state index is -0.419. The SMILES string of the molecule is Cc1ccc(N=Cc2cccc([N+](=O)[O-])c2Br)cc1C. The molecule has 102 valence electrons. The summed E-state index contributed by atoms with van der Waals surface area (Å²) in [6.45, 7) is 4.07. The van der Waals surface area contributed by atoms with Gasteiger partial charge in [-0.2, -0.15) is 0 Å². The minimum absolute atomic E-state index is 0.0361. The highest BCUT2D eigenvalue weighted by molar-refractivity contribution is 9.10. The van der Waals surface area contributed by atoms with Crippen LogP contribution in [0.3, 0.4) is 0 Å². The first-order valence-electron chi connectivity index (χ1n) is 6.03. The van der Waals surface area contributed by atoms with Gasteiger partial charge in [-0.1, -0.05) is 18.2 Å². The molecule has 0 aliphatic rings. The first-order valence-corrected chi connectivity index (χ1v) is 6.82. The van der Waals surface area contributed by atoms with Gasteiger partial charge in [-0.3, -0.25) is 15.1 Å². The Morgan fingerprint density at radius 1 is 1.20 bits per heavy atom. The fraction of sp³-hybridized carbons (Fsp3) is 0.133. The van der Waals surface area contributed by atoms with Crippen LogP contribution in [0, 0.1) is 24.0 Å². The molecular weight excluding hydrogens is 320 g/mol. The Labute approximate surface area is 125 Å². The van der Waals surface area contributed by atoms with Crippen molar-refractivity contribution >= 4 is 33.5 Å². The molecule has 0 atom stereocenters. The summed E-state index contributed by atoms with van der Waals surface area (Å²) in [6.07, 6.45) is 1.63. The molecule has 0 aliphatic carbocycles. The molecule has 20 heavy (non-hydrogen) atoms. The molecule has 5 heteroatoms. The number of aryl methyl sites for hydroxylation is 2. The summed E-state index contributed by atoms with van der Waals surface area (Å²) in [5.41, 5.74) is 3.91. The van der Waals surface area contributed by atoms with Gasteiger partial charge in [-0.05, 0) is 53.0 Å². The number of halogens is 1. The van der Waals surface area contributed by atoms with E-state index in [0.717, 1.165) is 11.3 Å². The number of rotatable bonds is 3. The highest BCUT2D eigenvalue weighted by Crippen LogP contribution is 2.27. The number of nitro benzene ring substituents is 1. The maximum Gasteiger partial charge on any atom is 0.284 e. The van der Waals surface area contributed by atoms with Crippen molar-refractivity contribution in [1.82, 2.24) is 0 Å². The molecule has 2 aromatic rings. The van der Waals surface area contributed by atoms with Gasteiger partial charge in [-0.25, -0.2) is 0 Å². The summed E-state index contributed by atoms with van der Waals surface area (Å²) in [5.74, 6) is 0. The van der Waals surface area contributed by atoms with Crippen LogP contribution in [0.4, 0.5) is 11.4 Å². The minimum Gasteiger partial charge on any atom is -0.258 e. The lowest BCUT2D eigenvalue weighted by Crippen LogP contribution is -1.92. The Kier molecular flexibility index (Phi) is 4.29. The van der Waals surface area contributed by atoms with E-state index in [1.54, 1.807) is 18.3 Å². The average Bonchev–Trinajstić information content (AvgIpc) is 2.41. The van der Waals surface area contributed by atoms with Gasteiger partial charge in [-0.15, -0.1) is 0 Å². The van der Waals surface area contributed by atoms with E-state index in [2.05, 4.69) is 20.9 Å². The van der Waals surface area contributed by atoms with E-state index in [0.29, 0.717) is 10.0 Å². The Morgan fingerprint density at radius 2 is 1.95 bits per heavy atom.